The van der Waals surface area contributed by atoms with Crippen molar-refractivity contribution < 1.29 is 9.53 Å². The zero-order valence-electron chi connectivity index (χ0n) is 12.4. The van der Waals surface area contributed by atoms with Gasteiger partial charge in [0.15, 0.2) is 0 Å². The maximum absolute atomic E-state index is 11.3. The Morgan fingerprint density at radius 1 is 1.18 bits per heavy atom. The SMILES string of the molecule is CN(CC1Nc2ccccc2OC1c1ccccc1)C(N)=O. The van der Waals surface area contributed by atoms with E-state index in [0.29, 0.717) is 6.54 Å². The van der Waals surface area contributed by atoms with Gasteiger partial charge in [0, 0.05) is 13.6 Å². The molecule has 3 N–H and O–H groups in total. The normalized spacial score (nSPS) is 19.5. The maximum atomic E-state index is 11.3. The lowest BCUT2D eigenvalue weighted by Gasteiger charge is -2.37. The van der Waals surface area contributed by atoms with E-state index in [0.717, 1.165) is 17.0 Å². The van der Waals surface area contributed by atoms with Crippen molar-refractivity contribution in [2.24, 2.45) is 5.73 Å². The Hall–Kier alpha value is -2.69. The van der Waals surface area contributed by atoms with Crippen molar-refractivity contribution in [1.29, 1.82) is 0 Å². The first kappa shape index (κ1) is 14.3. The van der Waals surface area contributed by atoms with Gasteiger partial charge in [-0.1, -0.05) is 42.5 Å². The minimum atomic E-state index is -0.451. The highest BCUT2D eigenvalue weighted by molar-refractivity contribution is 5.71. The molecule has 0 fully saturated rings. The fourth-order valence-electron chi connectivity index (χ4n) is 2.65. The third-order valence-electron chi connectivity index (χ3n) is 3.82. The van der Waals surface area contributed by atoms with Gasteiger partial charge in [-0.05, 0) is 17.7 Å². The number of primary amides is 1. The van der Waals surface area contributed by atoms with Crippen LogP contribution in [0.15, 0.2) is 54.6 Å². The molecule has 2 aromatic rings. The first-order chi connectivity index (χ1) is 10.6. The molecule has 2 unspecified atom stereocenters. The third kappa shape index (κ3) is 2.83. The number of likely N-dealkylation sites (N-methyl/N-ethyl adjacent to an activating group) is 1. The summed E-state index contributed by atoms with van der Waals surface area (Å²) < 4.78 is 6.17. The van der Waals surface area contributed by atoms with Gasteiger partial charge in [0.2, 0.25) is 0 Å². The summed E-state index contributed by atoms with van der Waals surface area (Å²) in [5.41, 5.74) is 7.34. The number of nitrogens with zero attached hydrogens (tertiary/aromatic N) is 1. The maximum Gasteiger partial charge on any atom is 0.314 e. The van der Waals surface area contributed by atoms with E-state index in [9.17, 15) is 4.79 Å². The summed E-state index contributed by atoms with van der Waals surface area (Å²) in [6, 6.07) is 17.3. The van der Waals surface area contributed by atoms with Crippen LogP contribution in [0.25, 0.3) is 0 Å². The molecule has 2 aromatic carbocycles. The Morgan fingerprint density at radius 3 is 2.59 bits per heavy atom. The molecule has 2 amide bonds. The van der Waals surface area contributed by atoms with Gasteiger partial charge < -0.3 is 20.7 Å². The van der Waals surface area contributed by atoms with Crippen molar-refractivity contribution in [3.8, 4) is 5.75 Å². The number of anilines is 1. The highest BCUT2D eigenvalue weighted by atomic mass is 16.5. The molecule has 1 aliphatic rings. The number of nitrogens with one attached hydrogen (secondary N) is 1. The zero-order valence-corrected chi connectivity index (χ0v) is 12.4. The third-order valence-corrected chi connectivity index (χ3v) is 3.82. The smallest absolute Gasteiger partial charge is 0.314 e. The van der Waals surface area contributed by atoms with Gasteiger partial charge in [0.1, 0.15) is 11.9 Å². The predicted molar refractivity (Wildman–Crippen MR) is 85.9 cm³/mol. The standard InChI is InChI=1S/C17H19N3O2/c1-20(17(18)21)11-14-16(12-7-3-2-4-8-12)22-15-10-6-5-9-13(15)19-14/h2-10,14,16,19H,11H2,1H3,(H2,18,21). The van der Waals surface area contributed by atoms with Gasteiger partial charge in [0.25, 0.3) is 0 Å². The first-order valence-corrected chi connectivity index (χ1v) is 7.23. The number of hydrogen-bond acceptors (Lipinski definition) is 3. The highest BCUT2D eigenvalue weighted by Crippen LogP contribution is 2.37. The minimum Gasteiger partial charge on any atom is -0.481 e. The number of carbonyl (C=O) groups excluding carboxylic acids is 1. The molecule has 1 aliphatic heterocycles. The van der Waals surface area contributed by atoms with E-state index in [-0.39, 0.29) is 12.1 Å². The predicted octanol–water partition coefficient (Wildman–Crippen LogP) is 2.61. The number of nitrogens with two attached hydrogens (primary N) is 1. The van der Waals surface area contributed by atoms with Crippen molar-refractivity contribution in [3.05, 3.63) is 60.2 Å². The molecular weight excluding hydrogens is 278 g/mol. The van der Waals surface area contributed by atoms with Crippen molar-refractivity contribution in [2.75, 3.05) is 18.9 Å². The number of para-hydroxylation sites is 2. The van der Waals surface area contributed by atoms with Crippen molar-refractivity contribution in [1.82, 2.24) is 4.90 Å². The Bertz CT molecular complexity index is 660. The summed E-state index contributed by atoms with van der Waals surface area (Å²) in [5.74, 6) is 0.814. The average Bonchev–Trinajstić information content (AvgIpc) is 2.55. The van der Waals surface area contributed by atoms with E-state index in [1.807, 2.05) is 54.6 Å². The Kier molecular flexibility index (Phi) is 3.87. The molecule has 0 radical (unpaired) electrons. The van der Waals surface area contributed by atoms with E-state index < -0.39 is 6.03 Å². The van der Waals surface area contributed by atoms with E-state index in [1.165, 1.54) is 4.90 Å². The van der Waals surface area contributed by atoms with Gasteiger partial charge in [-0.15, -0.1) is 0 Å². The lowest BCUT2D eigenvalue weighted by molar-refractivity contribution is 0.151. The van der Waals surface area contributed by atoms with Gasteiger partial charge in [-0.3, -0.25) is 0 Å². The molecule has 114 valence electrons. The van der Waals surface area contributed by atoms with Crippen LogP contribution < -0.4 is 15.8 Å². The van der Waals surface area contributed by atoms with Crippen LogP contribution >= 0.6 is 0 Å². The minimum absolute atomic E-state index is 0.0743. The van der Waals surface area contributed by atoms with Gasteiger partial charge in [-0.25, -0.2) is 4.79 Å². The molecule has 22 heavy (non-hydrogen) atoms. The van der Waals surface area contributed by atoms with E-state index >= 15 is 0 Å². The molecule has 2 atom stereocenters. The topological polar surface area (TPSA) is 67.6 Å². The van der Waals surface area contributed by atoms with Crippen molar-refractivity contribution in [3.63, 3.8) is 0 Å². The largest absolute Gasteiger partial charge is 0.481 e. The number of benzene rings is 2. The number of rotatable bonds is 3. The fourth-order valence-corrected chi connectivity index (χ4v) is 2.65. The van der Waals surface area contributed by atoms with Crippen LogP contribution in [0.4, 0.5) is 10.5 Å². The van der Waals surface area contributed by atoms with Crippen LogP contribution in [0.3, 0.4) is 0 Å². The number of fused-ring (bicyclic) bond motifs is 1. The van der Waals surface area contributed by atoms with Crippen LogP contribution in [0.2, 0.25) is 0 Å². The quantitative estimate of drug-likeness (QED) is 0.915. The molecule has 0 bridgehead atoms. The average molecular weight is 297 g/mol. The monoisotopic (exact) mass is 297 g/mol. The molecule has 0 saturated carbocycles. The lowest BCUT2D eigenvalue weighted by atomic mass is 9.99. The molecular formula is C17H19N3O2. The number of urea groups is 1. The molecule has 0 spiro atoms. The number of hydrogen-bond donors (Lipinski definition) is 2. The van der Waals surface area contributed by atoms with E-state index in [2.05, 4.69) is 5.32 Å². The summed E-state index contributed by atoms with van der Waals surface area (Å²) in [5, 5.41) is 3.46. The Labute approximate surface area is 129 Å². The second-order valence-corrected chi connectivity index (χ2v) is 5.41. The van der Waals surface area contributed by atoms with Crippen LogP contribution in [-0.2, 0) is 0 Å². The summed E-state index contributed by atoms with van der Waals surface area (Å²) in [6.45, 7) is 0.462. The highest BCUT2D eigenvalue weighted by Gasteiger charge is 2.32. The van der Waals surface area contributed by atoms with Crippen LogP contribution in [0.5, 0.6) is 5.75 Å². The summed E-state index contributed by atoms with van der Waals surface area (Å²) in [4.78, 5) is 12.8. The van der Waals surface area contributed by atoms with Crippen LogP contribution in [0, 0.1) is 0 Å². The van der Waals surface area contributed by atoms with Gasteiger partial charge in [-0.2, -0.15) is 0 Å². The molecule has 5 nitrogen and oxygen atoms in total. The molecule has 1 heterocycles. The van der Waals surface area contributed by atoms with Crippen LogP contribution in [0.1, 0.15) is 11.7 Å². The van der Waals surface area contributed by atoms with E-state index in [1.54, 1.807) is 7.05 Å². The molecule has 5 heteroatoms. The van der Waals surface area contributed by atoms with Crippen LogP contribution in [-0.4, -0.2) is 30.6 Å². The zero-order chi connectivity index (χ0) is 15.5. The Morgan fingerprint density at radius 2 is 1.86 bits per heavy atom. The van der Waals surface area contributed by atoms with Crippen molar-refractivity contribution >= 4 is 11.7 Å². The second kappa shape index (κ2) is 5.97. The molecule has 0 aromatic heterocycles. The number of amides is 2. The molecule has 0 saturated heterocycles. The fraction of sp³-hybridized carbons (Fsp3) is 0.235. The Balaban J connectivity index is 1.91. The first-order valence-electron chi connectivity index (χ1n) is 7.23. The summed E-state index contributed by atoms with van der Waals surface area (Å²) in [7, 11) is 1.69. The van der Waals surface area contributed by atoms with Gasteiger partial charge >= 0.3 is 6.03 Å². The number of carbonyl (C=O) groups is 1. The van der Waals surface area contributed by atoms with Crippen molar-refractivity contribution in [2.45, 2.75) is 12.1 Å². The van der Waals surface area contributed by atoms with Gasteiger partial charge in [0.05, 0.1) is 11.7 Å². The molecule has 0 aliphatic carbocycles. The molecule has 3 rings (SSSR count). The second-order valence-electron chi connectivity index (χ2n) is 5.41. The van der Waals surface area contributed by atoms with E-state index in [4.69, 9.17) is 10.5 Å². The summed E-state index contributed by atoms with van der Waals surface area (Å²) >= 11 is 0. The summed E-state index contributed by atoms with van der Waals surface area (Å²) in [6.07, 6.45) is -0.183. The lowest BCUT2D eigenvalue weighted by Crippen LogP contribution is -2.46. The number of ether oxygens (including phenoxy) is 1.